The van der Waals surface area contributed by atoms with E-state index in [0.717, 1.165) is 13.0 Å². The van der Waals surface area contributed by atoms with Crippen LogP contribution in [0.1, 0.15) is 18.9 Å². The van der Waals surface area contributed by atoms with Gasteiger partial charge in [0.1, 0.15) is 0 Å². The van der Waals surface area contributed by atoms with Crippen molar-refractivity contribution >= 4 is 10.0 Å². The normalized spacial score (nSPS) is 12.8. The first-order chi connectivity index (χ1) is 9.86. The van der Waals surface area contributed by atoms with Crippen molar-refractivity contribution in [2.45, 2.75) is 24.3 Å². The van der Waals surface area contributed by atoms with Crippen molar-refractivity contribution in [3.05, 3.63) is 29.8 Å². The minimum atomic E-state index is -3.58. The molecule has 3 N–H and O–H groups in total. The standard InChI is InChI=1S/C15H23N3O2S/c1-13(10-12-18(2)3)17-21(19,20)15-9-5-4-7-14(15)8-6-11-16/h4-5,7,9,13,17H,10-12,16H2,1-3H3. The first kappa shape index (κ1) is 17.7. The molecule has 0 spiro atoms. The van der Waals surface area contributed by atoms with Crippen molar-refractivity contribution < 1.29 is 8.42 Å². The Morgan fingerprint density at radius 3 is 2.62 bits per heavy atom. The van der Waals surface area contributed by atoms with Crippen LogP contribution in [0.25, 0.3) is 0 Å². The highest BCUT2D eigenvalue weighted by atomic mass is 32.2. The Kier molecular flexibility index (Phi) is 6.85. The van der Waals surface area contributed by atoms with Crippen LogP contribution in [0.15, 0.2) is 29.2 Å². The van der Waals surface area contributed by atoms with Crippen molar-refractivity contribution in [1.82, 2.24) is 9.62 Å². The smallest absolute Gasteiger partial charge is 0.242 e. The highest BCUT2D eigenvalue weighted by molar-refractivity contribution is 7.89. The highest BCUT2D eigenvalue weighted by Crippen LogP contribution is 2.15. The number of hydrogen-bond acceptors (Lipinski definition) is 4. The number of sulfonamides is 1. The van der Waals surface area contributed by atoms with Crippen LogP contribution in [-0.4, -0.2) is 46.5 Å². The summed E-state index contributed by atoms with van der Waals surface area (Å²) in [5.41, 5.74) is 5.81. The zero-order valence-corrected chi connectivity index (χ0v) is 13.6. The van der Waals surface area contributed by atoms with Crippen LogP contribution >= 0.6 is 0 Å². The van der Waals surface area contributed by atoms with Crippen LogP contribution in [0.2, 0.25) is 0 Å². The monoisotopic (exact) mass is 309 g/mol. The molecule has 1 aromatic carbocycles. The van der Waals surface area contributed by atoms with Crippen LogP contribution in [0.5, 0.6) is 0 Å². The van der Waals surface area contributed by atoms with E-state index in [1.807, 2.05) is 25.9 Å². The molecule has 5 nitrogen and oxygen atoms in total. The predicted molar refractivity (Wildman–Crippen MR) is 85.3 cm³/mol. The quantitative estimate of drug-likeness (QED) is 0.755. The zero-order chi connectivity index (χ0) is 15.9. The van der Waals surface area contributed by atoms with Crippen LogP contribution in [0.4, 0.5) is 0 Å². The van der Waals surface area contributed by atoms with Gasteiger partial charge in [-0.1, -0.05) is 24.0 Å². The summed E-state index contributed by atoms with van der Waals surface area (Å²) in [5, 5.41) is 0. The molecule has 0 aliphatic rings. The Balaban J connectivity index is 2.93. The molecular weight excluding hydrogens is 286 g/mol. The van der Waals surface area contributed by atoms with E-state index in [-0.39, 0.29) is 17.5 Å². The molecule has 116 valence electrons. The van der Waals surface area contributed by atoms with Gasteiger partial charge in [-0.3, -0.25) is 0 Å². The zero-order valence-electron chi connectivity index (χ0n) is 12.8. The summed E-state index contributed by atoms with van der Waals surface area (Å²) in [6.07, 6.45) is 0.739. The maximum atomic E-state index is 12.4. The molecule has 1 rings (SSSR count). The lowest BCUT2D eigenvalue weighted by Gasteiger charge is -2.17. The van der Waals surface area contributed by atoms with Crippen molar-refractivity contribution in [3.8, 4) is 11.8 Å². The van der Waals surface area contributed by atoms with Crippen LogP contribution in [0.3, 0.4) is 0 Å². The van der Waals surface area contributed by atoms with E-state index in [2.05, 4.69) is 16.6 Å². The van der Waals surface area contributed by atoms with Gasteiger partial charge in [-0.05, 0) is 46.1 Å². The summed E-state index contributed by atoms with van der Waals surface area (Å²) < 4.78 is 27.6. The fourth-order valence-corrected chi connectivity index (χ4v) is 3.23. The fourth-order valence-electron chi connectivity index (χ4n) is 1.79. The van der Waals surface area contributed by atoms with Crippen LogP contribution in [-0.2, 0) is 10.0 Å². The molecule has 1 unspecified atom stereocenters. The van der Waals surface area contributed by atoms with E-state index in [1.54, 1.807) is 24.3 Å². The number of nitrogens with zero attached hydrogens (tertiary/aromatic N) is 1. The summed E-state index contributed by atoms with van der Waals surface area (Å²) in [6, 6.07) is 6.54. The molecule has 0 bridgehead atoms. The topological polar surface area (TPSA) is 75.4 Å². The van der Waals surface area contributed by atoms with Gasteiger partial charge in [0.25, 0.3) is 0 Å². The second kappa shape index (κ2) is 8.15. The lowest BCUT2D eigenvalue weighted by Crippen LogP contribution is -2.35. The first-order valence-corrected chi connectivity index (χ1v) is 8.30. The minimum Gasteiger partial charge on any atom is -0.320 e. The van der Waals surface area contributed by atoms with Gasteiger partial charge >= 0.3 is 0 Å². The van der Waals surface area contributed by atoms with Gasteiger partial charge in [-0.15, -0.1) is 0 Å². The largest absolute Gasteiger partial charge is 0.320 e. The second-order valence-corrected chi connectivity index (χ2v) is 6.80. The molecule has 0 radical (unpaired) electrons. The molecule has 0 fully saturated rings. The Labute approximate surface area is 127 Å². The maximum absolute atomic E-state index is 12.4. The van der Waals surface area contributed by atoms with Gasteiger partial charge < -0.3 is 10.6 Å². The van der Waals surface area contributed by atoms with E-state index in [4.69, 9.17) is 5.73 Å². The van der Waals surface area contributed by atoms with Gasteiger partial charge in [0.15, 0.2) is 0 Å². The summed E-state index contributed by atoms with van der Waals surface area (Å²) in [7, 11) is 0.334. The van der Waals surface area contributed by atoms with Gasteiger partial charge in [0.05, 0.1) is 11.4 Å². The van der Waals surface area contributed by atoms with E-state index in [1.165, 1.54) is 0 Å². The average molecular weight is 309 g/mol. The van der Waals surface area contributed by atoms with Crippen LogP contribution in [0, 0.1) is 11.8 Å². The fraction of sp³-hybridized carbons (Fsp3) is 0.467. The number of nitrogens with one attached hydrogen (secondary N) is 1. The lowest BCUT2D eigenvalue weighted by atomic mass is 10.2. The molecule has 1 aromatic rings. The Bertz CT molecular complexity index is 615. The molecule has 0 amide bonds. The predicted octanol–water partition coefficient (Wildman–Crippen LogP) is 0.615. The van der Waals surface area contributed by atoms with E-state index in [9.17, 15) is 8.42 Å². The van der Waals surface area contributed by atoms with E-state index < -0.39 is 10.0 Å². The number of hydrogen-bond donors (Lipinski definition) is 2. The minimum absolute atomic E-state index is 0.145. The van der Waals surface area contributed by atoms with Gasteiger partial charge in [0, 0.05) is 11.6 Å². The van der Waals surface area contributed by atoms with Crippen molar-refractivity contribution in [2.24, 2.45) is 5.73 Å². The molecule has 0 heterocycles. The second-order valence-electron chi connectivity index (χ2n) is 5.12. The summed E-state index contributed by atoms with van der Waals surface area (Å²) in [5.74, 6) is 5.49. The SMILES string of the molecule is CC(CCN(C)C)NS(=O)(=O)c1ccccc1C#CCN. The van der Waals surface area contributed by atoms with Crippen molar-refractivity contribution in [3.63, 3.8) is 0 Å². The summed E-state index contributed by atoms with van der Waals surface area (Å²) in [6.45, 7) is 2.87. The van der Waals surface area contributed by atoms with Crippen LogP contribution < -0.4 is 10.5 Å². The number of rotatable bonds is 6. The molecule has 0 aromatic heterocycles. The molecule has 1 atom stereocenters. The number of nitrogens with two attached hydrogens (primary N) is 1. The summed E-state index contributed by atoms with van der Waals surface area (Å²) >= 11 is 0. The average Bonchev–Trinajstić information content (AvgIpc) is 2.42. The molecule has 6 heteroatoms. The Morgan fingerprint density at radius 1 is 1.33 bits per heavy atom. The first-order valence-electron chi connectivity index (χ1n) is 6.82. The molecule has 0 saturated heterocycles. The molecular formula is C15H23N3O2S. The van der Waals surface area contributed by atoms with Crippen molar-refractivity contribution in [2.75, 3.05) is 27.2 Å². The maximum Gasteiger partial charge on any atom is 0.242 e. The highest BCUT2D eigenvalue weighted by Gasteiger charge is 2.19. The van der Waals surface area contributed by atoms with E-state index >= 15 is 0 Å². The Morgan fingerprint density at radius 2 is 2.00 bits per heavy atom. The third-order valence-corrected chi connectivity index (χ3v) is 4.52. The molecule has 21 heavy (non-hydrogen) atoms. The number of benzene rings is 1. The lowest BCUT2D eigenvalue weighted by molar-refractivity contribution is 0.379. The third-order valence-electron chi connectivity index (χ3n) is 2.87. The third kappa shape index (κ3) is 5.86. The molecule has 0 saturated carbocycles. The summed E-state index contributed by atoms with van der Waals surface area (Å²) in [4.78, 5) is 2.22. The Hall–Kier alpha value is -1.39. The van der Waals surface area contributed by atoms with Gasteiger partial charge in [-0.25, -0.2) is 13.1 Å². The molecule has 0 aliphatic heterocycles. The van der Waals surface area contributed by atoms with Gasteiger partial charge in [-0.2, -0.15) is 0 Å². The van der Waals surface area contributed by atoms with E-state index in [0.29, 0.717) is 5.56 Å². The van der Waals surface area contributed by atoms with Crippen molar-refractivity contribution in [1.29, 1.82) is 0 Å². The van der Waals surface area contributed by atoms with Gasteiger partial charge in [0.2, 0.25) is 10.0 Å². The molecule has 0 aliphatic carbocycles.